The van der Waals surface area contributed by atoms with Gasteiger partial charge < -0.3 is 10.2 Å². The third kappa shape index (κ3) is 2.31. The number of thioether (sulfide) groups is 1. The van der Waals surface area contributed by atoms with Crippen LogP contribution in [-0.2, 0) is 0 Å². The van der Waals surface area contributed by atoms with E-state index in [1.807, 2.05) is 18.2 Å². The molecule has 1 heterocycles. The van der Waals surface area contributed by atoms with Crippen molar-refractivity contribution < 1.29 is 4.79 Å². The van der Waals surface area contributed by atoms with Crippen LogP contribution in [0.1, 0.15) is 17.3 Å². The van der Waals surface area contributed by atoms with Gasteiger partial charge in [-0.05, 0) is 25.1 Å². The molecule has 1 amide bonds. The van der Waals surface area contributed by atoms with E-state index in [4.69, 9.17) is 0 Å². The van der Waals surface area contributed by atoms with Crippen LogP contribution in [0.15, 0.2) is 35.4 Å². The zero-order chi connectivity index (χ0) is 12.6. The van der Waals surface area contributed by atoms with E-state index in [0.717, 1.165) is 11.4 Å². The Morgan fingerprint density at radius 2 is 2.18 bits per heavy atom. The van der Waals surface area contributed by atoms with E-state index in [1.165, 1.54) is 4.90 Å². The second kappa shape index (κ2) is 4.45. The van der Waals surface area contributed by atoms with Crippen LogP contribution in [0, 0.1) is 0 Å². The number of hydrogen-bond donors (Lipinski definition) is 1. The minimum Gasteiger partial charge on any atom is -0.358 e. The Bertz CT molecular complexity index is 482. The van der Waals surface area contributed by atoms with Crippen LogP contribution in [0.4, 0.5) is 5.69 Å². The quantitative estimate of drug-likeness (QED) is 0.829. The van der Waals surface area contributed by atoms with Crippen LogP contribution in [0.25, 0.3) is 0 Å². The Morgan fingerprint density at radius 1 is 1.47 bits per heavy atom. The molecule has 90 valence electrons. The van der Waals surface area contributed by atoms with Gasteiger partial charge in [-0.2, -0.15) is 0 Å². The van der Waals surface area contributed by atoms with Gasteiger partial charge in [0.1, 0.15) is 0 Å². The van der Waals surface area contributed by atoms with Crippen molar-refractivity contribution in [3.05, 3.63) is 36.0 Å². The molecule has 0 saturated carbocycles. The molecule has 1 aromatic rings. The zero-order valence-electron chi connectivity index (χ0n) is 10.3. The van der Waals surface area contributed by atoms with Gasteiger partial charge in [-0.15, -0.1) is 11.8 Å². The van der Waals surface area contributed by atoms with E-state index in [0.29, 0.717) is 10.8 Å². The highest BCUT2D eigenvalue weighted by molar-refractivity contribution is 8.00. The van der Waals surface area contributed by atoms with Crippen molar-refractivity contribution in [2.45, 2.75) is 17.1 Å². The van der Waals surface area contributed by atoms with Crippen molar-refractivity contribution in [2.24, 2.45) is 0 Å². The van der Waals surface area contributed by atoms with Crippen LogP contribution in [0.5, 0.6) is 0 Å². The van der Waals surface area contributed by atoms with Crippen LogP contribution in [0.3, 0.4) is 0 Å². The molecule has 0 saturated heterocycles. The lowest BCUT2D eigenvalue weighted by molar-refractivity contribution is 0.0827. The number of fused-ring (bicyclic) bond motifs is 1. The summed E-state index contributed by atoms with van der Waals surface area (Å²) < 4.78 is 0. The highest BCUT2D eigenvalue weighted by Crippen LogP contribution is 2.39. The molecule has 4 heteroatoms. The summed E-state index contributed by atoms with van der Waals surface area (Å²) in [6.07, 6.45) is 0. The van der Waals surface area contributed by atoms with Crippen LogP contribution in [0.2, 0.25) is 0 Å². The van der Waals surface area contributed by atoms with Gasteiger partial charge in [-0.25, -0.2) is 0 Å². The molecule has 1 N–H and O–H groups in total. The number of hydrogen-bond acceptors (Lipinski definition) is 3. The molecule has 17 heavy (non-hydrogen) atoms. The number of anilines is 1. The Morgan fingerprint density at radius 3 is 2.82 bits per heavy atom. The summed E-state index contributed by atoms with van der Waals surface area (Å²) in [5, 5.41) is 3.62. The monoisotopic (exact) mass is 248 g/mol. The molecule has 0 radical (unpaired) electrons. The van der Waals surface area contributed by atoms with Gasteiger partial charge in [0.05, 0.1) is 5.69 Å². The number of rotatable bonds is 1. The van der Waals surface area contributed by atoms with Gasteiger partial charge in [-0.3, -0.25) is 4.79 Å². The summed E-state index contributed by atoms with van der Waals surface area (Å²) in [5.74, 6) is 0.0174. The number of carbonyl (C=O) groups excluding carboxylic acids is 1. The van der Waals surface area contributed by atoms with Gasteiger partial charge in [0, 0.05) is 35.5 Å². The SMILES string of the molecule is C=C1Nc2cc(C(=O)N(C)C)ccc2SC1C. The maximum Gasteiger partial charge on any atom is 0.253 e. The van der Waals surface area contributed by atoms with Crippen molar-refractivity contribution in [1.82, 2.24) is 4.90 Å². The maximum atomic E-state index is 11.8. The molecule has 0 spiro atoms. The third-order valence-corrected chi connectivity index (χ3v) is 3.97. The standard InChI is InChI=1S/C13H16N2OS/c1-8-9(2)17-12-6-5-10(7-11(12)14-8)13(16)15(3)4/h5-7,9,14H,1H2,2-4H3. The third-order valence-electron chi connectivity index (χ3n) is 2.72. The van der Waals surface area contributed by atoms with Crippen molar-refractivity contribution in [1.29, 1.82) is 0 Å². The molecule has 1 aliphatic heterocycles. The molecular formula is C13H16N2OS. The number of nitrogens with zero attached hydrogens (tertiary/aromatic N) is 1. The molecule has 3 nitrogen and oxygen atoms in total. The van der Waals surface area contributed by atoms with Gasteiger partial charge in [0.15, 0.2) is 0 Å². The first-order valence-electron chi connectivity index (χ1n) is 5.47. The molecular weight excluding hydrogens is 232 g/mol. The largest absolute Gasteiger partial charge is 0.358 e. The fourth-order valence-corrected chi connectivity index (χ4v) is 2.62. The van der Waals surface area contributed by atoms with E-state index in [1.54, 1.807) is 30.8 Å². The first kappa shape index (κ1) is 12.0. The molecule has 1 aliphatic rings. The van der Waals surface area contributed by atoms with E-state index in [2.05, 4.69) is 18.8 Å². The Balaban J connectivity index is 2.35. The molecule has 1 aromatic carbocycles. The van der Waals surface area contributed by atoms with Crippen LogP contribution >= 0.6 is 11.8 Å². The number of nitrogens with one attached hydrogen (secondary N) is 1. The van der Waals surface area contributed by atoms with Crippen molar-refractivity contribution >= 4 is 23.4 Å². The van der Waals surface area contributed by atoms with Gasteiger partial charge >= 0.3 is 0 Å². The summed E-state index contributed by atoms with van der Waals surface area (Å²) in [4.78, 5) is 14.6. The van der Waals surface area contributed by atoms with E-state index in [-0.39, 0.29) is 5.91 Å². The normalized spacial score (nSPS) is 18.3. The molecule has 0 bridgehead atoms. The average Bonchev–Trinajstić information content (AvgIpc) is 2.29. The van der Waals surface area contributed by atoms with Crippen LogP contribution < -0.4 is 5.32 Å². The number of amides is 1. The molecule has 2 rings (SSSR count). The van der Waals surface area contributed by atoms with Crippen LogP contribution in [-0.4, -0.2) is 30.2 Å². The minimum atomic E-state index is 0.0174. The summed E-state index contributed by atoms with van der Waals surface area (Å²) in [6.45, 7) is 6.09. The Labute approximate surface area is 106 Å². The van der Waals surface area contributed by atoms with Gasteiger partial charge in [0.2, 0.25) is 0 Å². The molecule has 1 unspecified atom stereocenters. The van der Waals surface area contributed by atoms with Gasteiger partial charge in [-0.1, -0.05) is 6.58 Å². The number of carbonyl (C=O) groups is 1. The van der Waals surface area contributed by atoms with Crippen molar-refractivity contribution in [2.75, 3.05) is 19.4 Å². The fourth-order valence-electron chi connectivity index (χ4n) is 1.66. The topological polar surface area (TPSA) is 32.3 Å². The fraction of sp³-hybridized carbons (Fsp3) is 0.308. The lowest BCUT2D eigenvalue weighted by Crippen LogP contribution is -2.22. The Kier molecular flexibility index (Phi) is 3.15. The molecule has 0 aromatic heterocycles. The predicted octanol–water partition coefficient (Wildman–Crippen LogP) is 2.81. The van der Waals surface area contributed by atoms with Crippen molar-refractivity contribution in [3.8, 4) is 0 Å². The van der Waals surface area contributed by atoms with Crippen molar-refractivity contribution in [3.63, 3.8) is 0 Å². The first-order chi connectivity index (χ1) is 7.99. The average molecular weight is 248 g/mol. The summed E-state index contributed by atoms with van der Waals surface area (Å²) in [6, 6.07) is 5.76. The molecule has 1 atom stereocenters. The molecule has 0 aliphatic carbocycles. The first-order valence-corrected chi connectivity index (χ1v) is 6.35. The lowest BCUT2D eigenvalue weighted by atomic mass is 10.1. The zero-order valence-corrected chi connectivity index (χ0v) is 11.1. The summed E-state index contributed by atoms with van der Waals surface area (Å²) in [7, 11) is 3.51. The smallest absolute Gasteiger partial charge is 0.253 e. The molecule has 0 fully saturated rings. The van der Waals surface area contributed by atoms with Gasteiger partial charge in [0.25, 0.3) is 5.91 Å². The van der Waals surface area contributed by atoms with E-state index < -0.39 is 0 Å². The summed E-state index contributed by atoms with van der Waals surface area (Å²) >= 11 is 1.76. The Hall–Kier alpha value is -1.42. The highest BCUT2D eigenvalue weighted by atomic mass is 32.2. The second-order valence-corrected chi connectivity index (χ2v) is 5.70. The second-order valence-electron chi connectivity index (χ2n) is 4.32. The van der Waals surface area contributed by atoms with E-state index >= 15 is 0 Å². The van der Waals surface area contributed by atoms with E-state index in [9.17, 15) is 4.79 Å². The predicted molar refractivity (Wildman–Crippen MR) is 72.5 cm³/mol. The minimum absolute atomic E-state index is 0.0174. The highest BCUT2D eigenvalue weighted by Gasteiger charge is 2.20. The number of benzene rings is 1. The maximum absolute atomic E-state index is 11.8. The lowest BCUT2D eigenvalue weighted by Gasteiger charge is -2.25. The summed E-state index contributed by atoms with van der Waals surface area (Å²) in [5.41, 5.74) is 2.66.